The van der Waals surface area contributed by atoms with Gasteiger partial charge >= 0.3 is 0 Å². The fourth-order valence-corrected chi connectivity index (χ4v) is 5.07. The highest BCUT2D eigenvalue weighted by Crippen LogP contribution is 2.44. The minimum atomic E-state index is 0. The molecule has 1 amide bonds. The highest BCUT2D eigenvalue weighted by atomic mass is 35.5. The molecular weight excluding hydrogens is 350 g/mol. The van der Waals surface area contributed by atoms with Crippen LogP contribution < -0.4 is 5.32 Å². The van der Waals surface area contributed by atoms with Crippen LogP contribution in [-0.2, 0) is 0 Å². The molecule has 1 aromatic rings. The number of hydrogen-bond donors (Lipinski definition) is 1. The van der Waals surface area contributed by atoms with E-state index in [-0.39, 0.29) is 18.3 Å². The first-order valence-electron chi connectivity index (χ1n) is 10.1. The number of nitrogens with zero attached hydrogens (tertiary/aromatic N) is 4. The summed E-state index contributed by atoms with van der Waals surface area (Å²) in [5.74, 6) is 0.0864. The zero-order valence-corrected chi connectivity index (χ0v) is 16.7. The lowest BCUT2D eigenvalue weighted by Crippen LogP contribution is -2.44. The standard InChI is InChI=1S/C19H31N5O.ClH/c1-15-17(21-22-24(15)16-5-11-20-12-6-16)18(25)23-13-9-19(10-14-23)7-3-2-4-8-19;/h16,20H,2-14H2,1H3;1H. The van der Waals surface area contributed by atoms with Gasteiger partial charge in [-0.25, -0.2) is 4.68 Å². The van der Waals surface area contributed by atoms with Gasteiger partial charge in [0.05, 0.1) is 11.7 Å². The lowest BCUT2D eigenvalue weighted by Gasteiger charge is -2.44. The Morgan fingerprint density at radius 1 is 1.08 bits per heavy atom. The lowest BCUT2D eigenvalue weighted by molar-refractivity contribution is 0.0466. The number of piperidine rings is 2. The van der Waals surface area contributed by atoms with E-state index in [0.717, 1.165) is 44.7 Å². The first kappa shape index (κ1) is 19.6. The normalized spacial score (nSPS) is 23.7. The van der Waals surface area contributed by atoms with Gasteiger partial charge in [-0.2, -0.15) is 0 Å². The van der Waals surface area contributed by atoms with Gasteiger partial charge in [-0.1, -0.05) is 24.5 Å². The second-order valence-corrected chi connectivity index (χ2v) is 8.30. The van der Waals surface area contributed by atoms with E-state index in [2.05, 4.69) is 15.6 Å². The summed E-state index contributed by atoms with van der Waals surface area (Å²) in [6.07, 6.45) is 11.3. The Bertz CT molecular complexity index is 609. The van der Waals surface area contributed by atoms with Crippen molar-refractivity contribution in [3.8, 4) is 0 Å². The van der Waals surface area contributed by atoms with Gasteiger partial charge in [-0.15, -0.1) is 17.5 Å². The molecule has 7 heteroatoms. The summed E-state index contributed by atoms with van der Waals surface area (Å²) in [5, 5.41) is 12.0. The van der Waals surface area contributed by atoms with Crippen molar-refractivity contribution in [2.75, 3.05) is 26.2 Å². The number of nitrogens with one attached hydrogen (secondary N) is 1. The quantitative estimate of drug-likeness (QED) is 0.854. The van der Waals surface area contributed by atoms with E-state index in [1.54, 1.807) is 0 Å². The molecule has 1 spiro atoms. The Balaban J connectivity index is 0.00000196. The molecule has 6 nitrogen and oxygen atoms in total. The van der Waals surface area contributed by atoms with Crippen LogP contribution in [-0.4, -0.2) is 52.0 Å². The first-order valence-corrected chi connectivity index (χ1v) is 10.1. The largest absolute Gasteiger partial charge is 0.337 e. The molecule has 1 saturated carbocycles. The van der Waals surface area contributed by atoms with E-state index >= 15 is 0 Å². The molecule has 2 saturated heterocycles. The van der Waals surface area contributed by atoms with E-state index < -0.39 is 0 Å². The van der Waals surface area contributed by atoms with Crippen LogP contribution in [0, 0.1) is 12.3 Å². The van der Waals surface area contributed by atoms with E-state index in [4.69, 9.17) is 0 Å². The molecule has 0 bridgehead atoms. The summed E-state index contributed by atoms with van der Waals surface area (Å²) in [6.45, 7) is 5.81. The molecule has 1 aliphatic carbocycles. The zero-order chi connectivity index (χ0) is 17.3. The van der Waals surface area contributed by atoms with Crippen molar-refractivity contribution < 1.29 is 4.79 Å². The van der Waals surface area contributed by atoms with Gasteiger partial charge in [-0.05, 0) is 64.0 Å². The predicted molar refractivity (Wildman–Crippen MR) is 104 cm³/mol. The number of carbonyl (C=O) groups excluding carboxylic acids is 1. The highest BCUT2D eigenvalue weighted by molar-refractivity contribution is 5.93. The van der Waals surface area contributed by atoms with Gasteiger partial charge in [-0.3, -0.25) is 4.79 Å². The van der Waals surface area contributed by atoms with Crippen LogP contribution in [0.25, 0.3) is 0 Å². The number of carbonyl (C=O) groups is 1. The molecule has 146 valence electrons. The molecule has 0 unspecified atom stereocenters. The van der Waals surface area contributed by atoms with Crippen LogP contribution in [0.2, 0.25) is 0 Å². The minimum absolute atomic E-state index is 0. The maximum atomic E-state index is 13.0. The van der Waals surface area contributed by atoms with Crippen molar-refractivity contribution in [1.29, 1.82) is 0 Å². The molecule has 1 N–H and O–H groups in total. The lowest BCUT2D eigenvalue weighted by atomic mass is 9.68. The SMILES string of the molecule is Cc1c(C(=O)N2CCC3(CCCCC3)CC2)nnn1C1CCNCC1.Cl. The fraction of sp³-hybridized carbons (Fsp3) is 0.842. The van der Waals surface area contributed by atoms with E-state index in [1.807, 2.05) is 16.5 Å². The zero-order valence-electron chi connectivity index (χ0n) is 15.9. The third-order valence-electron chi connectivity index (χ3n) is 6.81. The third-order valence-corrected chi connectivity index (χ3v) is 6.81. The summed E-state index contributed by atoms with van der Waals surface area (Å²) < 4.78 is 1.99. The molecule has 2 aliphatic heterocycles. The summed E-state index contributed by atoms with van der Waals surface area (Å²) in [7, 11) is 0. The maximum absolute atomic E-state index is 13.0. The van der Waals surface area contributed by atoms with Gasteiger partial charge < -0.3 is 10.2 Å². The van der Waals surface area contributed by atoms with Crippen LogP contribution in [0.4, 0.5) is 0 Å². The maximum Gasteiger partial charge on any atom is 0.276 e. The number of halogens is 1. The van der Waals surface area contributed by atoms with Crippen molar-refractivity contribution >= 4 is 18.3 Å². The molecular formula is C19H32ClN5O. The van der Waals surface area contributed by atoms with Crippen LogP contribution in [0.1, 0.15) is 80.0 Å². The molecule has 3 fully saturated rings. The van der Waals surface area contributed by atoms with Crippen molar-refractivity contribution in [2.24, 2.45) is 5.41 Å². The summed E-state index contributed by atoms with van der Waals surface area (Å²) in [6, 6.07) is 0.377. The van der Waals surface area contributed by atoms with Crippen LogP contribution >= 0.6 is 12.4 Å². The Labute approximate surface area is 162 Å². The number of rotatable bonds is 2. The van der Waals surface area contributed by atoms with Gasteiger partial charge in [0.1, 0.15) is 0 Å². The molecule has 0 radical (unpaired) electrons. The van der Waals surface area contributed by atoms with Crippen molar-refractivity contribution in [3.63, 3.8) is 0 Å². The minimum Gasteiger partial charge on any atom is -0.337 e. The van der Waals surface area contributed by atoms with Crippen LogP contribution in [0.5, 0.6) is 0 Å². The molecule has 0 aromatic carbocycles. The Morgan fingerprint density at radius 2 is 1.73 bits per heavy atom. The average Bonchev–Trinajstić information content (AvgIpc) is 3.05. The highest BCUT2D eigenvalue weighted by Gasteiger charge is 2.37. The predicted octanol–water partition coefficient (Wildman–Crippen LogP) is 3.12. The molecule has 3 aliphatic rings. The van der Waals surface area contributed by atoms with Crippen LogP contribution in [0.3, 0.4) is 0 Å². The van der Waals surface area contributed by atoms with Gasteiger partial charge in [0.2, 0.25) is 0 Å². The van der Waals surface area contributed by atoms with E-state index in [0.29, 0.717) is 17.2 Å². The van der Waals surface area contributed by atoms with Crippen molar-refractivity contribution in [2.45, 2.75) is 70.8 Å². The van der Waals surface area contributed by atoms with Gasteiger partial charge in [0, 0.05) is 13.1 Å². The Kier molecular flexibility index (Phi) is 6.23. The molecule has 0 atom stereocenters. The van der Waals surface area contributed by atoms with Crippen LogP contribution in [0.15, 0.2) is 0 Å². The number of aromatic nitrogens is 3. The monoisotopic (exact) mass is 381 g/mol. The van der Waals surface area contributed by atoms with E-state index in [9.17, 15) is 4.79 Å². The second kappa shape index (κ2) is 8.26. The van der Waals surface area contributed by atoms with Crippen molar-refractivity contribution in [3.05, 3.63) is 11.4 Å². The van der Waals surface area contributed by atoms with Gasteiger partial charge in [0.15, 0.2) is 5.69 Å². The Morgan fingerprint density at radius 3 is 2.38 bits per heavy atom. The third kappa shape index (κ3) is 3.77. The summed E-state index contributed by atoms with van der Waals surface area (Å²) >= 11 is 0. The van der Waals surface area contributed by atoms with Crippen molar-refractivity contribution in [1.82, 2.24) is 25.2 Å². The summed E-state index contributed by atoms with van der Waals surface area (Å²) in [5.41, 5.74) is 2.03. The first-order chi connectivity index (χ1) is 12.2. The fourth-order valence-electron chi connectivity index (χ4n) is 5.07. The topological polar surface area (TPSA) is 63.1 Å². The molecule has 4 rings (SSSR count). The second-order valence-electron chi connectivity index (χ2n) is 8.30. The smallest absolute Gasteiger partial charge is 0.276 e. The number of hydrogen-bond acceptors (Lipinski definition) is 4. The molecule has 3 heterocycles. The number of amides is 1. The number of likely N-dealkylation sites (tertiary alicyclic amines) is 1. The van der Waals surface area contributed by atoms with Gasteiger partial charge in [0.25, 0.3) is 5.91 Å². The van der Waals surface area contributed by atoms with E-state index in [1.165, 1.54) is 44.9 Å². The molecule has 26 heavy (non-hydrogen) atoms. The molecule has 1 aromatic heterocycles. The Hall–Kier alpha value is -1.14. The summed E-state index contributed by atoms with van der Waals surface area (Å²) in [4.78, 5) is 15.0. The average molecular weight is 382 g/mol.